The first-order valence-corrected chi connectivity index (χ1v) is 7.60. The Kier molecular flexibility index (Phi) is 3.20. The molecule has 2 aliphatic rings. The highest BCUT2D eigenvalue weighted by molar-refractivity contribution is 5.64. The van der Waals surface area contributed by atoms with Gasteiger partial charge in [-0.2, -0.15) is 0 Å². The monoisotopic (exact) mass is 259 g/mol. The van der Waals surface area contributed by atoms with E-state index in [1.807, 2.05) is 0 Å². The van der Waals surface area contributed by atoms with E-state index < -0.39 is 0 Å². The van der Waals surface area contributed by atoms with Crippen molar-refractivity contribution in [1.82, 2.24) is 0 Å². The van der Waals surface area contributed by atoms with E-state index in [0.717, 1.165) is 5.75 Å². The lowest BCUT2D eigenvalue weighted by Gasteiger charge is -2.43. The number of ether oxygens (including phenoxy) is 1. The van der Waals surface area contributed by atoms with Crippen molar-refractivity contribution < 1.29 is 4.74 Å². The second-order valence-corrected chi connectivity index (χ2v) is 6.34. The van der Waals surface area contributed by atoms with Crippen LogP contribution >= 0.6 is 0 Å². The van der Waals surface area contributed by atoms with Crippen LogP contribution in [0.2, 0.25) is 0 Å². The summed E-state index contributed by atoms with van der Waals surface area (Å²) in [4.78, 5) is 0. The first-order chi connectivity index (χ1) is 9.15. The minimum Gasteiger partial charge on any atom is -0.496 e. The molecule has 0 aromatic heterocycles. The highest BCUT2D eigenvalue weighted by atomic mass is 16.5. The molecular formula is C17H25NO. The molecule has 1 fully saturated rings. The molecule has 0 amide bonds. The van der Waals surface area contributed by atoms with Gasteiger partial charge in [-0.25, -0.2) is 0 Å². The van der Waals surface area contributed by atoms with Crippen LogP contribution in [0.5, 0.6) is 5.75 Å². The van der Waals surface area contributed by atoms with Gasteiger partial charge in [-0.15, -0.1) is 0 Å². The van der Waals surface area contributed by atoms with Crippen molar-refractivity contribution in [2.45, 2.75) is 64.3 Å². The Morgan fingerprint density at radius 1 is 1.11 bits per heavy atom. The molecule has 1 aromatic carbocycles. The maximum atomic E-state index is 5.55. The number of rotatable bonds is 1. The van der Waals surface area contributed by atoms with E-state index in [2.05, 4.69) is 25.2 Å². The van der Waals surface area contributed by atoms with Crippen LogP contribution in [0.4, 0.5) is 5.69 Å². The van der Waals surface area contributed by atoms with Crippen LogP contribution in [-0.2, 0) is 6.42 Å². The molecule has 1 spiro atoms. The van der Waals surface area contributed by atoms with E-state index in [0.29, 0.717) is 5.54 Å². The Bertz CT molecular complexity index is 487. The van der Waals surface area contributed by atoms with Gasteiger partial charge in [-0.1, -0.05) is 19.3 Å². The summed E-state index contributed by atoms with van der Waals surface area (Å²) in [6.07, 6.45) is 9.36. The third-order valence-electron chi connectivity index (χ3n) is 5.11. The molecule has 1 aliphatic heterocycles. The van der Waals surface area contributed by atoms with Gasteiger partial charge < -0.3 is 10.1 Å². The number of nitrogens with one attached hydrogen (secondary N) is 1. The molecule has 0 saturated heterocycles. The molecule has 2 heteroatoms. The third-order valence-corrected chi connectivity index (χ3v) is 5.11. The average Bonchev–Trinajstić information content (AvgIpc) is 2.39. The lowest BCUT2D eigenvalue weighted by molar-refractivity contribution is 0.297. The van der Waals surface area contributed by atoms with Crippen LogP contribution in [0.15, 0.2) is 6.07 Å². The SMILES string of the molecule is COc1c(C)cc2c(c1C)CCC1(CCCCC1)N2. The highest BCUT2D eigenvalue weighted by Crippen LogP contribution is 2.43. The lowest BCUT2D eigenvalue weighted by atomic mass is 9.74. The zero-order valence-corrected chi connectivity index (χ0v) is 12.4. The molecule has 1 heterocycles. The fourth-order valence-electron chi connectivity index (χ4n) is 4.07. The second-order valence-electron chi connectivity index (χ2n) is 6.34. The van der Waals surface area contributed by atoms with Gasteiger partial charge in [0.25, 0.3) is 0 Å². The molecule has 0 atom stereocenters. The van der Waals surface area contributed by atoms with Gasteiger partial charge in [0.05, 0.1) is 7.11 Å². The van der Waals surface area contributed by atoms with Crippen molar-refractivity contribution in [3.05, 3.63) is 22.8 Å². The second kappa shape index (κ2) is 4.73. The summed E-state index contributed by atoms with van der Waals surface area (Å²) in [5.74, 6) is 1.07. The Morgan fingerprint density at radius 3 is 2.53 bits per heavy atom. The molecule has 104 valence electrons. The van der Waals surface area contributed by atoms with E-state index >= 15 is 0 Å². The maximum Gasteiger partial charge on any atom is 0.125 e. The number of fused-ring (bicyclic) bond motifs is 1. The van der Waals surface area contributed by atoms with E-state index in [1.165, 1.54) is 67.3 Å². The Hall–Kier alpha value is -1.18. The molecule has 1 saturated carbocycles. The van der Waals surface area contributed by atoms with E-state index in [9.17, 15) is 0 Å². The van der Waals surface area contributed by atoms with Gasteiger partial charge >= 0.3 is 0 Å². The zero-order chi connectivity index (χ0) is 13.5. The predicted molar refractivity (Wildman–Crippen MR) is 80.2 cm³/mol. The molecule has 19 heavy (non-hydrogen) atoms. The lowest BCUT2D eigenvalue weighted by Crippen LogP contribution is -2.43. The van der Waals surface area contributed by atoms with Gasteiger partial charge in [0.15, 0.2) is 0 Å². The maximum absolute atomic E-state index is 5.55. The largest absolute Gasteiger partial charge is 0.496 e. The van der Waals surface area contributed by atoms with Crippen molar-refractivity contribution in [3.63, 3.8) is 0 Å². The van der Waals surface area contributed by atoms with Crippen molar-refractivity contribution in [1.29, 1.82) is 0 Å². The Morgan fingerprint density at radius 2 is 1.84 bits per heavy atom. The molecule has 0 unspecified atom stereocenters. The van der Waals surface area contributed by atoms with Crippen LogP contribution in [-0.4, -0.2) is 12.6 Å². The fourth-order valence-corrected chi connectivity index (χ4v) is 4.07. The van der Waals surface area contributed by atoms with Gasteiger partial charge in [-0.05, 0) is 62.3 Å². The summed E-state index contributed by atoms with van der Waals surface area (Å²) in [5.41, 5.74) is 5.80. The van der Waals surface area contributed by atoms with Crippen LogP contribution in [0.3, 0.4) is 0 Å². The number of methoxy groups -OCH3 is 1. The summed E-state index contributed by atoms with van der Waals surface area (Å²) in [6.45, 7) is 4.35. The predicted octanol–water partition coefficient (Wildman–Crippen LogP) is 4.37. The van der Waals surface area contributed by atoms with Gasteiger partial charge in [0.1, 0.15) is 5.75 Å². The minimum atomic E-state index is 0.388. The first kappa shape index (κ1) is 12.8. The van der Waals surface area contributed by atoms with Gasteiger partial charge in [0.2, 0.25) is 0 Å². The quantitative estimate of drug-likeness (QED) is 0.808. The summed E-state index contributed by atoms with van der Waals surface area (Å²) < 4.78 is 5.55. The smallest absolute Gasteiger partial charge is 0.125 e. The van der Waals surface area contributed by atoms with Crippen LogP contribution in [0.25, 0.3) is 0 Å². The molecule has 1 aromatic rings. The van der Waals surface area contributed by atoms with Gasteiger partial charge in [-0.3, -0.25) is 0 Å². The van der Waals surface area contributed by atoms with Crippen LogP contribution in [0, 0.1) is 13.8 Å². The van der Waals surface area contributed by atoms with E-state index in [-0.39, 0.29) is 0 Å². The molecule has 0 radical (unpaired) electrons. The third kappa shape index (κ3) is 2.11. The number of anilines is 1. The topological polar surface area (TPSA) is 21.3 Å². The molecular weight excluding hydrogens is 234 g/mol. The molecule has 0 bridgehead atoms. The van der Waals surface area contributed by atoms with Crippen LogP contribution in [0.1, 0.15) is 55.2 Å². The summed E-state index contributed by atoms with van der Waals surface area (Å²) in [5, 5.41) is 3.89. The van der Waals surface area contributed by atoms with Crippen molar-refractivity contribution in [2.75, 3.05) is 12.4 Å². The van der Waals surface area contributed by atoms with Crippen LogP contribution < -0.4 is 10.1 Å². The first-order valence-electron chi connectivity index (χ1n) is 7.60. The van der Waals surface area contributed by atoms with E-state index in [1.54, 1.807) is 7.11 Å². The van der Waals surface area contributed by atoms with Crippen molar-refractivity contribution in [2.24, 2.45) is 0 Å². The van der Waals surface area contributed by atoms with Crippen molar-refractivity contribution >= 4 is 5.69 Å². The fraction of sp³-hybridized carbons (Fsp3) is 0.647. The summed E-state index contributed by atoms with van der Waals surface area (Å²) >= 11 is 0. The summed E-state index contributed by atoms with van der Waals surface area (Å²) in [6, 6.07) is 2.29. The number of aryl methyl sites for hydroxylation is 1. The van der Waals surface area contributed by atoms with Gasteiger partial charge in [0, 0.05) is 11.2 Å². The molecule has 3 rings (SSSR count). The summed E-state index contributed by atoms with van der Waals surface area (Å²) in [7, 11) is 1.78. The molecule has 2 nitrogen and oxygen atoms in total. The number of hydrogen-bond acceptors (Lipinski definition) is 2. The minimum absolute atomic E-state index is 0.388. The van der Waals surface area contributed by atoms with E-state index in [4.69, 9.17) is 4.74 Å². The van der Waals surface area contributed by atoms with Crippen molar-refractivity contribution in [3.8, 4) is 5.75 Å². The zero-order valence-electron chi connectivity index (χ0n) is 12.4. The average molecular weight is 259 g/mol. The normalized spacial score (nSPS) is 20.8. The highest BCUT2D eigenvalue weighted by Gasteiger charge is 2.35. The number of benzene rings is 1. The molecule has 1 N–H and O–H groups in total. The molecule has 1 aliphatic carbocycles. The standard InChI is InChI=1S/C17H25NO/c1-12-11-15-14(13(2)16(12)19-3)7-10-17(18-15)8-5-4-6-9-17/h11,18H,4-10H2,1-3H3. The number of hydrogen-bond donors (Lipinski definition) is 1. The Labute approximate surface area is 116 Å². The Balaban J connectivity index is 1.97.